The molecule has 102 valence electrons. The van der Waals surface area contributed by atoms with Crippen molar-refractivity contribution in [1.82, 2.24) is 0 Å². The molecule has 2 amide bonds. The van der Waals surface area contributed by atoms with Gasteiger partial charge in [0.25, 0.3) is 11.8 Å². The minimum Gasteiger partial charge on any atom is -0.497 e. The van der Waals surface area contributed by atoms with Crippen LogP contribution in [0, 0.1) is 0 Å². The highest BCUT2D eigenvalue weighted by molar-refractivity contribution is 9.12. The van der Waals surface area contributed by atoms with Crippen molar-refractivity contribution in [3.63, 3.8) is 0 Å². The van der Waals surface area contributed by atoms with E-state index in [1.807, 2.05) is 0 Å². The highest BCUT2D eigenvalue weighted by Crippen LogP contribution is 2.43. The number of hydrogen-bond acceptors (Lipinski definition) is 4. The fourth-order valence-electron chi connectivity index (χ4n) is 2.04. The molecule has 4 nitrogen and oxygen atoms in total. The van der Waals surface area contributed by atoms with Crippen molar-refractivity contribution in [1.29, 1.82) is 0 Å². The zero-order chi connectivity index (χ0) is 14.4. The minimum absolute atomic E-state index is 0.316. The second-order valence-electron chi connectivity index (χ2n) is 4.04. The monoisotopic (exact) mass is 415 g/mol. The molecule has 0 bridgehead atoms. The normalized spacial score (nSPS) is 13.8. The molecule has 0 spiro atoms. The summed E-state index contributed by atoms with van der Waals surface area (Å²) in [5.41, 5.74) is 1.37. The van der Waals surface area contributed by atoms with Crippen LogP contribution in [0.4, 0.5) is 5.69 Å². The van der Waals surface area contributed by atoms with Crippen molar-refractivity contribution >= 4 is 60.7 Å². The quantitative estimate of drug-likeness (QED) is 0.693. The third-order valence-corrected chi connectivity index (χ3v) is 5.52. The van der Waals surface area contributed by atoms with Gasteiger partial charge in [-0.1, -0.05) is 0 Å². The van der Waals surface area contributed by atoms with E-state index in [1.54, 1.807) is 31.4 Å². The van der Waals surface area contributed by atoms with Gasteiger partial charge in [0.05, 0.1) is 31.5 Å². The Morgan fingerprint density at radius 3 is 1.95 bits per heavy atom. The predicted molar refractivity (Wildman–Crippen MR) is 83.9 cm³/mol. The van der Waals surface area contributed by atoms with Crippen molar-refractivity contribution in [3.8, 4) is 5.75 Å². The molecule has 1 aliphatic rings. The number of thiophene rings is 1. The van der Waals surface area contributed by atoms with Crippen LogP contribution in [0.1, 0.15) is 20.7 Å². The van der Waals surface area contributed by atoms with E-state index in [2.05, 4.69) is 31.9 Å². The van der Waals surface area contributed by atoms with Gasteiger partial charge in [-0.15, -0.1) is 11.3 Å². The number of ether oxygens (including phenoxy) is 1. The number of methoxy groups -OCH3 is 1. The number of carbonyl (C=O) groups is 2. The SMILES string of the molecule is COc1ccc(N2C(=O)c3c(Br)sc(Br)c3C2=O)cc1. The summed E-state index contributed by atoms with van der Waals surface area (Å²) in [7, 11) is 1.56. The molecule has 2 heterocycles. The number of amides is 2. The predicted octanol–water partition coefficient (Wildman–Crippen LogP) is 4.08. The van der Waals surface area contributed by atoms with E-state index < -0.39 is 0 Å². The lowest BCUT2D eigenvalue weighted by atomic mass is 10.2. The van der Waals surface area contributed by atoms with E-state index in [1.165, 1.54) is 16.2 Å². The first-order valence-corrected chi connectivity index (χ1v) is 7.95. The Bertz CT molecular complexity index is 687. The van der Waals surface area contributed by atoms with Crippen LogP contribution >= 0.6 is 43.2 Å². The van der Waals surface area contributed by atoms with Crippen LogP contribution in [0.2, 0.25) is 0 Å². The molecule has 2 aromatic rings. The average molecular weight is 417 g/mol. The summed E-state index contributed by atoms with van der Waals surface area (Å²) in [5.74, 6) is 0.0392. The summed E-state index contributed by atoms with van der Waals surface area (Å²) in [6.45, 7) is 0. The van der Waals surface area contributed by atoms with E-state index in [4.69, 9.17) is 4.74 Å². The van der Waals surface area contributed by atoms with Gasteiger partial charge in [-0.3, -0.25) is 9.59 Å². The molecular weight excluding hydrogens is 410 g/mol. The number of halogens is 2. The van der Waals surface area contributed by atoms with Gasteiger partial charge in [0.1, 0.15) is 5.75 Å². The molecule has 0 radical (unpaired) electrons. The van der Waals surface area contributed by atoms with E-state index in [9.17, 15) is 9.59 Å². The smallest absolute Gasteiger partial charge is 0.268 e. The second kappa shape index (κ2) is 4.98. The highest BCUT2D eigenvalue weighted by Gasteiger charge is 2.41. The van der Waals surface area contributed by atoms with E-state index >= 15 is 0 Å². The summed E-state index contributed by atoms with van der Waals surface area (Å²) in [4.78, 5) is 26.0. The Morgan fingerprint density at radius 1 is 1.00 bits per heavy atom. The van der Waals surface area contributed by atoms with Gasteiger partial charge in [0.15, 0.2) is 0 Å². The first-order chi connectivity index (χ1) is 9.54. The largest absolute Gasteiger partial charge is 0.497 e. The minimum atomic E-state index is -0.316. The molecule has 0 fully saturated rings. The standard InChI is InChI=1S/C13H7Br2NO3S/c1-19-7-4-2-6(3-5-7)16-12(17)8-9(13(16)18)11(15)20-10(8)14/h2-5H,1H3. The summed E-state index contributed by atoms with van der Waals surface area (Å²) >= 11 is 7.98. The van der Waals surface area contributed by atoms with Crippen molar-refractivity contribution in [2.45, 2.75) is 0 Å². The van der Waals surface area contributed by atoms with Crippen molar-refractivity contribution in [2.75, 3.05) is 12.0 Å². The maximum atomic E-state index is 12.4. The third kappa shape index (κ3) is 1.92. The highest BCUT2D eigenvalue weighted by atomic mass is 79.9. The molecule has 0 atom stereocenters. The first kappa shape index (κ1) is 13.8. The Labute approximate surface area is 135 Å². The van der Waals surface area contributed by atoms with Gasteiger partial charge in [0, 0.05) is 0 Å². The third-order valence-electron chi connectivity index (χ3n) is 2.99. The van der Waals surface area contributed by atoms with Crippen LogP contribution < -0.4 is 9.64 Å². The number of nitrogens with zero attached hydrogens (tertiary/aromatic N) is 1. The van der Waals surface area contributed by atoms with E-state index in [0.717, 1.165) is 0 Å². The van der Waals surface area contributed by atoms with Crippen molar-refractivity contribution in [2.24, 2.45) is 0 Å². The number of anilines is 1. The number of rotatable bonds is 2. The maximum absolute atomic E-state index is 12.4. The molecular formula is C13H7Br2NO3S. The summed E-state index contributed by atoms with van der Waals surface area (Å²) in [6.07, 6.45) is 0. The number of benzene rings is 1. The van der Waals surface area contributed by atoms with Crippen molar-refractivity contribution < 1.29 is 14.3 Å². The molecule has 1 aromatic carbocycles. The van der Waals surface area contributed by atoms with Crippen LogP contribution in [0.25, 0.3) is 0 Å². The average Bonchev–Trinajstić information content (AvgIpc) is 2.87. The van der Waals surface area contributed by atoms with Crippen LogP contribution in [0.15, 0.2) is 31.8 Å². The zero-order valence-corrected chi connectivity index (χ0v) is 14.1. The first-order valence-electron chi connectivity index (χ1n) is 5.55. The van der Waals surface area contributed by atoms with Gasteiger partial charge in [-0.2, -0.15) is 0 Å². The Balaban J connectivity index is 2.07. The molecule has 1 aromatic heterocycles. The molecule has 1 aliphatic heterocycles. The van der Waals surface area contributed by atoms with Gasteiger partial charge >= 0.3 is 0 Å². The van der Waals surface area contributed by atoms with Crippen LogP contribution in [0.3, 0.4) is 0 Å². The zero-order valence-electron chi connectivity index (χ0n) is 10.1. The Kier molecular flexibility index (Phi) is 3.43. The fourth-order valence-corrected chi connectivity index (χ4v) is 5.14. The van der Waals surface area contributed by atoms with Gasteiger partial charge in [0.2, 0.25) is 0 Å². The maximum Gasteiger partial charge on any atom is 0.268 e. The number of hydrogen-bond donors (Lipinski definition) is 0. The molecule has 20 heavy (non-hydrogen) atoms. The number of imide groups is 1. The molecule has 3 rings (SSSR count). The number of fused-ring (bicyclic) bond motifs is 1. The van der Waals surface area contributed by atoms with Gasteiger partial charge in [-0.05, 0) is 56.1 Å². The number of carbonyl (C=O) groups excluding carboxylic acids is 2. The van der Waals surface area contributed by atoms with E-state index in [0.29, 0.717) is 30.1 Å². The summed E-state index contributed by atoms with van der Waals surface area (Å²) < 4.78 is 6.39. The molecule has 0 saturated heterocycles. The topological polar surface area (TPSA) is 46.6 Å². The molecule has 0 saturated carbocycles. The lowest BCUT2D eigenvalue weighted by Crippen LogP contribution is -2.29. The van der Waals surface area contributed by atoms with Gasteiger partial charge < -0.3 is 4.74 Å². The van der Waals surface area contributed by atoms with Gasteiger partial charge in [-0.25, -0.2) is 4.90 Å². The lowest BCUT2D eigenvalue weighted by Gasteiger charge is -2.14. The summed E-state index contributed by atoms with van der Waals surface area (Å²) in [6, 6.07) is 6.80. The molecule has 0 aliphatic carbocycles. The lowest BCUT2D eigenvalue weighted by molar-refractivity contribution is 0.0925. The Morgan fingerprint density at radius 2 is 1.50 bits per heavy atom. The van der Waals surface area contributed by atoms with Crippen LogP contribution in [-0.2, 0) is 0 Å². The van der Waals surface area contributed by atoms with E-state index in [-0.39, 0.29) is 11.8 Å². The Hall–Kier alpha value is -1.18. The molecule has 0 unspecified atom stereocenters. The summed E-state index contributed by atoms with van der Waals surface area (Å²) in [5, 5.41) is 0. The second-order valence-corrected chi connectivity index (χ2v) is 7.70. The van der Waals surface area contributed by atoms with Crippen molar-refractivity contribution in [3.05, 3.63) is 43.0 Å². The molecule has 7 heteroatoms. The van der Waals surface area contributed by atoms with Crippen LogP contribution in [-0.4, -0.2) is 18.9 Å². The fraction of sp³-hybridized carbons (Fsp3) is 0.0769. The van der Waals surface area contributed by atoms with Crippen LogP contribution in [0.5, 0.6) is 5.75 Å². The molecule has 0 N–H and O–H groups in total.